The average Bonchev–Trinajstić information content (AvgIpc) is 2.63. The lowest BCUT2D eigenvalue weighted by Crippen LogP contribution is -2.42. The van der Waals surface area contributed by atoms with Crippen molar-refractivity contribution in [3.63, 3.8) is 0 Å². The number of halogens is 1. The van der Waals surface area contributed by atoms with Crippen molar-refractivity contribution in [3.05, 3.63) is 0 Å². The van der Waals surface area contributed by atoms with Gasteiger partial charge in [-0.05, 0) is 26.2 Å². The van der Waals surface area contributed by atoms with Crippen LogP contribution in [0.5, 0.6) is 0 Å². The normalized spacial score (nSPS) is 29.9. The second kappa shape index (κ2) is 5.85. The van der Waals surface area contributed by atoms with Crippen molar-refractivity contribution in [1.29, 1.82) is 0 Å². The highest BCUT2D eigenvalue weighted by atomic mass is 79.9. The lowest BCUT2D eigenvalue weighted by molar-refractivity contribution is -0.127. The van der Waals surface area contributed by atoms with Crippen LogP contribution >= 0.6 is 15.9 Å². The molecule has 0 spiro atoms. The van der Waals surface area contributed by atoms with E-state index in [0.717, 1.165) is 11.8 Å². The van der Waals surface area contributed by atoms with Gasteiger partial charge in [0.05, 0.1) is 12.0 Å². The first-order valence-corrected chi connectivity index (χ1v) is 6.66. The number of hydrogen-bond acceptors (Lipinski definition) is 2. The van der Waals surface area contributed by atoms with Gasteiger partial charge in [-0.3, -0.25) is 4.79 Å². The molecule has 3 nitrogen and oxygen atoms in total. The Morgan fingerprint density at radius 2 is 2.27 bits per heavy atom. The summed E-state index contributed by atoms with van der Waals surface area (Å²) in [6.07, 6.45) is 0.916. The molecule has 4 unspecified atom stereocenters. The van der Waals surface area contributed by atoms with Crippen molar-refractivity contribution in [2.45, 2.75) is 39.3 Å². The van der Waals surface area contributed by atoms with E-state index in [1.807, 2.05) is 13.8 Å². The summed E-state index contributed by atoms with van der Waals surface area (Å²) in [5, 5.41) is 3.96. The van der Waals surface area contributed by atoms with Gasteiger partial charge < -0.3 is 10.1 Å². The largest absolute Gasteiger partial charge is 0.378 e. The molecule has 88 valence electrons. The minimum absolute atomic E-state index is 0.0370. The second-order valence-corrected chi connectivity index (χ2v) is 5.05. The van der Waals surface area contributed by atoms with E-state index in [9.17, 15) is 4.79 Å². The molecule has 1 aliphatic rings. The molecule has 0 radical (unpaired) electrons. The summed E-state index contributed by atoms with van der Waals surface area (Å²) < 4.78 is 5.38. The van der Waals surface area contributed by atoms with Crippen LogP contribution in [0.25, 0.3) is 0 Å². The van der Waals surface area contributed by atoms with E-state index in [1.54, 1.807) is 0 Å². The Hall–Kier alpha value is -0.0900. The Balaban J connectivity index is 2.41. The monoisotopic (exact) mass is 277 g/mol. The van der Waals surface area contributed by atoms with Gasteiger partial charge in [0.2, 0.25) is 5.91 Å². The van der Waals surface area contributed by atoms with E-state index < -0.39 is 0 Å². The quantitative estimate of drug-likeness (QED) is 0.798. The molecule has 1 heterocycles. The average molecular weight is 278 g/mol. The molecular formula is C11H20BrNO2. The number of nitrogens with one attached hydrogen (secondary N) is 1. The summed E-state index contributed by atoms with van der Waals surface area (Å²) in [4.78, 5) is 11.9. The summed E-state index contributed by atoms with van der Waals surface area (Å²) in [7, 11) is 0. The third kappa shape index (κ3) is 3.45. The van der Waals surface area contributed by atoms with Crippen molar-refractivity contribution in [2.75, 3.05) is 11.9 Å². The van der Waals surface area contributed by atoms with Crippen molar-refractivity contribution in [1.82, 2.24) is 5.32 Å². The van der Waals surface area contributed by atoms with Gasteiger partial charge in [0.25, 0.3) is 0 Å². The molecule has 0 aliphatic carbocycles. The number of amides is 1. The predicted molar refractivity (Wildman–Crippen MR) is 64.1 cm³/mol. The molecule has 0 aromatic carbocycles. The maximum Gasteiger partial charge on any atom is 0.226 e. The molecule has 0 bridgehead atoms. The first kappa shape index (κ1) is 13.0. The third-order valence-corrected chi connectivity index (χ3v) is 4.20. The molecule has 0 aromatic rings. The van der Waals surface area contributed by atoms with Crippen LogP contribution in [-0.4, -0.2) is 30.0 Å². The molecular weight excluding hydrogens is 258 g/mol. The smallest absolute Gasteiger partial charge is 0.226 e. The van der Waals surface area contributed by atoms with Crippen LogP contribution < -0.4 is 5.32 Å². The molecule has 1 amide bonds. The van der Waals surface area contributed by atoms with Crippen LogP contribution in [0, 0.1) is 11.8 Å². The molecule has 1 fully saturated rings. The number of carbonyl (C=O) groups is 1. The van der Waals surface area contributed by atoms with E-state index in [1.165, 1.54) is 0 Å². The standard InChI is InChI=1S/C11H20BrNO2/c1-7(6-12)8(2)13-11(14)10-4-5-15-9(10)3/h7-10H,4-6H2,1-3H3,(H,13,14). The van der Waals surface area contributed by atoms with Crippen molar-refractivity contribution < 1.29 is 9.53 Å². The van der Waals surface area contributed by atoms with Crippen LogP contribution in [-0.2, 0) is 9.53 Å². The molecule has 1 N–H and O–H groups in total. The van der Waals surface area contributed by atoms with E-state index >= 15 is 0 Å². The SMILES string of the molecule is CC(CBr)C(C)NC(=O)C1CCOC1C. The highest BCUT2D eigenvalue weighted by Crippen LogP contribution is 2.21. The zero-order valence-corrected chi connectivity index (χ0v) is 11.2. The van der Waals surface area contributed by atoms with Crippen LogP contribution in [0.15, 0.2) is 0 Å². The zero-order chi connectivity index (χ0) is 11.4. The number of hydrogen-bond donors (Lipinski definition) is 1. The maximum absolute atomic E-state index is 11.9. The predicted octanol–water partition coefficient (Wildman–Crippen LogP) is 1.95. The Bertz CT molecular complexity index is 223. The number of ether oxygens (including phenoxy) is 1. The van der Waals surface area contributed by atoms with E-state index in [0.29, 0.717) is 12.5 Å². The maximum atomic E-state index is 11.9. The van der Waals surface area contributed by atoms with Gasteiger partial charge in [-0.15, -0.1) is 0 Å². The molecule has 15 heavy (non-hydrogen) atoms. The summed E-state index contributed by atoms with van der Waals surface area (Å²) >= 11 is 3.42. The summed E-state index contributed by atoms with van der Waals surface area (Å²) in [6.45, 7) is 6.84. The molecule has 1 rings (SSSR count). The number of alkyl halides is 1. The van der Waals surface area contributed by atoms with Crippen molar-refractivity contribution in [2.24, 2.45) is 11.8 Å². The fraction of sp³-hybridized carbons (Fsp3) is 0.909. The summed E-state index contributed by atoms with van der Waals surface area (Å²) in [5.74, 6) is 0.627. The third-order valence-electron chi connectivity index (χ3n) is 3.18. The lowest BCUT2D eigenvalue weighted by Gasteiger charge is -2.22. The highest BCUT2D eigenvalue weighted by molar-refractivity contribution is 9.09. The first-order valence-electron chi connectivity index (χ1n) is 5.54. The van der Waals surface area contributed by atoms with Gasteiger partial charge in [-0.25, -0.2) is 0 Å². The van der Waals surface area contributed by atoms with E-state index in [-0.39, 0.29) is 24.0 Å². The highest BCUT2D eigenvalue weighted by Gasteiger charge is 2.31. The van der Waals surface area contributed by atoms with Gasteiger partial charge >= 0.3 is 0 Å². The summed E-state index contributed by atoms with van der Waals surface area (Å²) in [6, 6.07) is 0.213. The molecule has 1 aliphatic heterocycles. The van der Waals surface area contributed by atoms with Gasteiger partial charge in [0, 0.05) is 18.0 Å². The van der Waals surface area contributed by atoms with E-state index in [2.05, 4.69) is 28.2 Å². The fourth-order valence-electron chi connectivity index (χ4n) is 1.68. The minimum Gasteiger partial charge on any atom is -0.378 e. The van der Waals surface area contributed by atoms with Crippen LogP contribution in [0.4, 0.5) is 0 Å². The second-order valence-electron chi connectivity index (χ2n) is 4.40. The zero-order valence-electron chi connectivity index (χ0n) is 9.63. The number of rotatable bonds is 4. The summed E-state index contributed by atoms with van der Waals surface area (Å²) in [5.41, 5.74) is 0. The Labute approximate surface area is 100 Å². The Morgan fingerprint density at radius 3 is 2.73 bits per heavy atom. The molecule has 0 saturated carbocycles. The van der Waals surface area contributed by atoms with Gasteiger partial charge in [0.1, 0.15) is 0 Å². The molecule has 4 heteroatoms. The van der Waals surface area contributed by atoms with E-state index in [4.69, 9.17) is 4.74 Å². The minimum atomic E-state index is 0.0370. The van der Waals surface area contributed by atoms with Crippen LogP contribution in [0.2, 0.25) is 0 Å². The fourth-order valence-corrected chi connectivity index (χ4v) is 2.24. The van der Waals surface area contributed by atoms with Crippen LogP contribution in [0.1, 0.15) is 27.2 Å². The Kier molecular flexibility index (Phi) is 5.06. The first-order chi connectivity index (χ1) is 7.06. The van der Waals surface area contributed by atoms with Gasteiger partial charge in [-0.2, -0.15) is 0 Å². The molecule has 0 aromatic heterocycles. The molecule has 4 atom stereocenters. The van der Waals surface area contributed by atoms with Gasteiger partial charge in [-0.1, -0.05) is 22.9 Å². The lowest BCUT2D eigenvalue weighted by atomic mass is 10.00. The van der Waals surface area contributed by atoms with Crippen LogP contribution in [0.3, 0.4) is 0 Å². The van der Waals surface area contributed by atoms with Gasteiger partial charge in [0.15, 0.2) is 0 Å². The number of carbonyl (C=O) groups excluding carboxylic acids is 1. The Morgan fingerprint density at radius 1 is 1.60 bits per heavy atom. The molecule has 1 saturated heterocycles. The van der Waals surface area contributed by atoms with Crippen molar-refractivity contribution >= 4 is 21.8 Å². The van der Waals surface area contributed by atoms with Crippen molar-refractivity contribution in [3.8, 4) is 0 Å². The topological polar surface area (TPSA) is 38.3 Å².